The zero-order valence-corrected chi connectivity index (χ0v) is 12.5. The quantitative estimate of drug-likeness (QED) is 0.645. The van der Waals surface area contributed by atoms with E-state index in [1.807, 2.05) is 30.3 Å². The van der Waals surface area contributed by atoms with Crippen molar-refractivity contribution in [1.82, 2.24) is 5.32 Å². The molecule has 112 valence electrons. The monoisotopic (exact) mass is 278 g/mol. The number of carbonyl (C=O) groups is 1. The molecule has 0 bridgehead atoms. The van der Waals surface area contributed by atoms with Gasteiger partial charge in [-0.3, -0.25) is 4.79 Å². The van der Waals surface area contributed by atoms with E-state index in [1.165, 1.54) is 12.8 Å². The second-order valence-electron chi connectivity index (χ2n) is 5.00. The molecular formula is C16H26N2O2. The molecule has 0 aliphatic rings. The van der Waals surface area contributed by atoms with Crippen LogP contribution < -0.4 is 11.1 Å². The lowest BCUT2D eigenvalue weighted by Gasteiger charge is -2.30. The first kappa shape index (κ1) is 16.7. The predicted octanol–water partition coefficient (Wildman–Crippen LogP) is 2.18. The fourth-order valence-corrected chi connectivity index (χ4v) is 2.22. The normalized spacial score (nSPS) is 13.9. The van der Waals surface area contributed by atoms with Crippen LogP contribution in [0.2, 0.25) is 0 Å². The lowest BCUT2D eigenvalue weighted by atomic mass is 9.90. The van der Waals surface area contributed by atoms with Gasteiger partial charge >= 0.3 is 0 Å². The van der Waals surface area contributed by atoms with E-state index in [4.69, 9.17) is 10.5 Å². The zero-order chi connectivity index (χ0) is 14.8. The molecule has 1 atom stereocenters. The summed E-state index contributed by atoms with van der Waals surface area (Å²) in [6.07, 6.45) is 4.59. The lowest BCUT2D eigenvalue weighted by molar-refractivity contribution is -0.127. The van der Waals surface area contributed by atoms with E-state index in [2.05, 4.69) is 12.2 Å². The van der Waals surface area contributed by atoms with Gasteiger partial charge in [0.1, 0.15) is 5.54 Å². The van der Waals surface area contributed by atoms with Gasteiger partial charge in [-0.05, 0) is 19.0 Å². The molecule has 0 saturated carbocycles. The minimum absolute atomic E-state index is 0.259. The van der Waals surface area contributed by atoms with Crippen molar-refractivity contribution in [1.29, 1.82) is 0 Å². The van der Waals surface area contributed by atoms with Gasteiger partial charge in [-0.2, -0.15) is 0 Å². The fourth-order valence-electron chi connectivity index (χ4n) is 2.22. The van der Waals surface area contributed by atoms with Gasteiger partial charge in [0.05, 0.1) is 6.61 Å². The molecule has 0 aliphatic carbocycles. The summed E-state index contributed by atoms with van der Waals surface area (Å²) in [5.74, 6) is -0.417. The molecule has 0 heterocycles. The molecule has 0 fully saturated rings. The Hall–Kier alpha value is -1.39. The maximum Gasteiger partial charge on any atom is 0.244 e. The highest BCUT2D eigenvalue weighted by Crippen LogP contribution is 2.21. The summed E-state index contributed by atoms with van der Waals surface area (Å²) < 4.78 is 5.69. The summed E-state index contributed by atoms with van der Waals surface area (Å²) in [7, 11) is 1.73. The highest BCUT2D eigenvalue weighted by atomic mass is 16.5. The number of benzene rings is 1. The van der Waals surface area contributed by atoms with Gasteiger partial charge in [0.15, 0.2) is 0 Å². The number of unbranched alkanes of at least 4 members (excludes halogenated alkanes) is 3. The number of carbonyl (C=O) groups excluding carboxylic acids is 1. The standard InChI is InChI=1S/C16H26N2O2/c1-3-4-5-9-12-20-13-16(18-2,15(17)19)14-10-7-6-8-11-14/h6-8,10-11,18H,3-5,9,12-13H2,1-2H3,(H2,17,19). The van der Waals surface area contributed by atoms with Gasteiger partial charge < -0.3 is 15.8 Å². The van der Waals surface area contributed by atoms with Crippen molar-refractivity contribution < 1.29 is 9.53 Å². The fraction of sp³-hybridized carbons (Fsp3) is 0.562. The molecule has 4 nitrogen and oxygen atoms in total. The van der Waals surface area contributed by atoms with Crippen LogP contribution in [0.25, 0.3) is 0 Å². The molecule has 0 radical (unpaired) electrons. The molecule has 0 spiro atoms. The van der Waals surface area contributed by atoms with E-state index >= 15 is 0 Å². The van der Waals surface area contributed by atoms with Crippen LogP contribution in [0.15, 0.2) is 30.3 Å². The molecule has 1 aromatic carbocycles. The minimum atomic E-state index is -0.952. The van der Waals surface area contributed by atoms with Gasteiger partial charge in [0.25, 0.3) is 0 Å². The maximum absolute atomic E-state index is 11.9. The lowest BCUT2D eigenvalue weighted by Crippen LogP contribution is -2.54. The zero-order valence-electron chi connectivity index (χ0n) is 12.5. The number of primary amides is 1. The Morgan fingerprint density at radius 2 is 1.95 bits per heavy atom. The van der Waals surface area contributed by atoms with Gasteiger partial charge in [-0.1, -0.05) is 56.5 Å². The van der Waals surface area contributed by atoms with Crippen LogP contribution >= 0.6 is 0 Å². The predicted molar refractivity (Wildman–Crippen MR) is 81.3 cm³/mol. The largest absolute Gasteiger partial charge is 0.379 e. The molecule has 1 aromatic rings. The molecule has 3 N–H and O–H groups in total. The number of amides is 1. The third-order valence-electron chi connectivity index (χ3n) is 3.57. The Morgan fingerprint density at radius 3 is 2.50 bits per heavy atom. The number of ether oxygens (including phenoxy) is 1. The van der Waals surface area contributed by atoms with E-state index < -0.39 is 11.4 Å². The molecule has 0 saturated heterocycles. The number of rotatable bonds is 10. The Kier molecular flexibility index (Phi) is 7.26. The average Bonchev–Trinajstić information content (AvgIpc) is 2.47. The molecule has 1 rings (SSSR count). The van der Waals surface area contributed by atoms with Gasteiger partial charge in [-0.25, -0.2) is 0 Å². The highest BCUT2D eigenvalue weighted by molar-refractivity contribution is 5.86. The third-order valence-corrected chi connectivity index (χ3v) is 3.57. The van der Waals surface area contributed by atoms with Crippen LogP contribution in [-0.2, 0) is 15.1 Å². The van der Waals surface area contributed by atoms with Crippen molar-refractivity contribution in [2.75, 3.05) is 20.3 Å². The van der Waals surface area contributed by atoms with Crippen molar-refractivity contribution in [3.8, 4) is 0 Å². The Morgan fingerprint density at radius 1 is 1.25 bits per heavy atom. The summed E-state index contributed by atoms with van der Waals surface area (Å²) >= 11 is 0. The molecule has 1 unspecified atom stereocenters. The average molecular weight is 278 g/mol. The molecule has 0 aromatic heterocycles. The van der Waals surface area contributed by atoms with E-state index in [-0.39, 0.29) is 6.61 Å². The molecule has 4 heteroatoms. The smallest absolute Gasteiger partial charge is 0.244 e. The summed E-state index contributed by atoms with van der Waals surface area (Å²) in [5, 5.41) is 3.03. The number of hydrogen-bond donors (Lipinski definition) is 2. The van der Waals surface area contributed by atoms with Gasteiger partial charge in [0, 0.05) is 6.61 Å². The van der Waals surface area contributed by atoms with Crippen molar-refractivity contribution in [2.45, 2.75) is 38.1 Å². The molecular weight excluding hydrogens is 252 g/mol. The van der Waals surface area contributed by atoms with Gasteiger partial charge in [-0.15, -0.1) is 0 Å². The summed E-state index contributed by atoms with van der Waals surface area (Å²) in [6, 6.07) is 9.48. The summed E-state index contributed by atoms with van der Waals surface area (Å²) in [5.41, 5.74) is 5.48. The number of nitrogens with one attached hydrogen (secondary N) is 1. The van der Waals surface area contributed by atoms with Gasteiger partial charge in [0.2, 0.25) is 5.91 Å². The third kappa shape index (κ3) is 4.32. The summed E-state index contributed by atoms with van der Waals surface area (Å²) in [4.78, 5) is 11.9. The minimum Gasteiger partial charge on any atom is -0.379 e. The van der Waals surface area contributed by atoms with E-state index in [0.717, 1.165) is 18.4 Å². The van der Waals surface area contributed by atoms with Crippen LogP contribution in [0.4, 0.5) is 0 Å². The Labute approximate surface area is 121 Å². The van der Waals surface area contributed by atoms with E-state index in [9.17, 15) is 4.79 Å². The number of nitrogens with two attached hydrogens (primary N) is 1. The first-order chi connectivity index (χ1) is 9.67. The second-order valence-corrected chi connectivity index (χ2v) is 5.00. The van der Waals surface area contributed by atoms with Crippen molar-refractivity contribution in [3.05, 3.63) is 35.9 Å². The van der Waals surface area contributed by atoms with Crippen molar-refractivity contribution >= 4 is 5.91 Å². The van der Waals surface area contributed by atoms with Crippen molar-refractivity contribution in [3.63, 3.8) is 0 Å². The number of likely N-dealkylation sites (N-methyl/N-ethyl adjacent to an activating group) is 1. The SMILES string of the molecule is CCCCCCOCC(NC)(C(N)=O)c1ccccc1. The summed E-state index contributed by atoms with van der Waals surface area (Å²) in [6.45, 7) is 3.09. The number of hydrogen-bond acceptors (Lipinski definition) is 3. The van der Waals surface area contributed by atoms with Crippen LogP contribution in [0.5, 0.6) is 0 Å². The van der Waals surface area contributed by atoms with Crippen LogP contribution in [-0.4, -0.2) is 26.2 Å². The van der Waals surface area contributed by atoms with E-state index in [0.29, 0.717) is 6.61 Å². The van der Waals surface area contributed by atoms with Crippen LogP contribution in [0.3, 0.4) is 0 Å². The molecule has 0 aliphatic heterocycles. The Bertz CT molecular complexity index is 395. The first-order valence-electron chi connectivity index (χ1n) is 7.29. The maximum atomic E-state index is 11.9. The molecule has 20 heavy (non-hydrogen) atoms. The highest BCUT2D eigenvalue weighted by Gasteiger charge is 2.37. The van der Waals surface area contributed by atoms with Crippen molar-refractivity contribution in [2.24, 2.45) is 5.73 Å². The molecule has 1 amide bonds. The van der Waals surface area contributed by atoms with Crippen LogP contribution in [0.1, 0.15) is 38.2 Å². The topological polar surface area (TPSA) is 64.3 Å². The Balaban J connectivity index is 2.64. The first-order valence-corrected chi connectivity index (χ1v) is 7.29. The second kappa shape index (κ2) is 8.72. The van der Waals surface area contributed by atoms with E-state index in [1.54, 1.807) is 7.05 Å². The van der Waals surface area contributed by atoms with Crippen LogP contribution in [0, 0.1) is 0 Å².